The number of anilines is 1. The van der Waals surface area contributed by atoms with Crippen LogP contribution in [0.4, 0.5) is 5.69 Å². The zero-order valence-electron chi connectivity index (χ0n) is 18.6. The molecule has 166 valence electrons. The van der Waals surface area contributed by atoms with E-state index in [9.17, 15) is 14.4 Å². The van der Waals surface area contributed by atoms with Gasteiger partial charge in [-0.1, -0.05) is 43.7 Å². The Morgan fingerprint density at radius 1 is 0.935 bits per heavy atom. The van der Waals surface area contributed by atoms with Gasteiger partial charge in [0.25, 0.3) is 5.91 Å². The Morgan fingerprint density at radius 2 is 1.65 bits per heavy atom. The Morgan fingerprint density at radius 3 is 2.35 bits per heavy atom. The first-order valence-electron chi connectivity index (χ1n) is 10.4. The van der Waals surface area contributed by atoms with Gasteiger partial charge in [-0.05, 0) is 49.9 Å². The summed E-state index contributed by atoms with van der Waals surface area (Å²) in [7, 11) is 0. The topological polar surface area (TPSA) is 96.5 Å². The first-order valence-corrected chi connectivity index (χ1v) is 10.4. The van der Waals surface area contributed by atoms with Gasteiger partial charge in [-0.3, -0.25) is 25.2 Å². The van der Waals surface area contributed by atoms with Crippen LogP contribution in [0.5, 0.6) is 5.75 Å². The van der Waals surface area contributed by atoms with Crippen LogP contribution in [-0.4, -0.2) is 24.3 Å². The molecule has 0 bridgehead atoms. The van der Waals surface area contributed by atoms with E-state index >= 15 is 0 Å². The number of hydrogen-bond acceptors (Lipinski definition) is 4. The highest BCUT2D eigenvalue weighted by atomic mass is 16.5. The zero-order chi connectivity index (χ0) is 22.8. The summed E-state index contributed by atoms with van der Waals surface area (Å²) >= 11 is 0. The lowest BCUT2D eigenvalue weighted by Crippen LogP contribution is -2.42. The van der Waals surface area contributed by atoms with Crippen LogP contribution in [0.3, 0.4) is 0 Å². The minimum absolute atomic E-state index is 0.00389. The van der Waals surface area contributed by atoms with Crippen molar-refractivity contribution in [3.63, 3.8) is 0 Å². The molecule has 2 aromatic carbocycles. The van der Waals surface area contributed by atoms with Crippen LogP contribution in [0.2, 0.25) is 0 Å². The maximum absolute atomic E-state index is 12.4. The van der Waals surface area contributed by atoms with Gasteiger partial charge in [-0.25, -0.2) is 0 Å². The Hall–Kier alpha value is -3.35. The van der Waals surface area contributed by atoms with Crippen LogP contribution >= 0.6 is 0 Å². The Labute approximate surface area is 183 Å². The van der Waals surface area contributed by atoms with E-state index in [1.54, 1.807) is 24.3 Å². The number of rotatable bonds is 9. The molecule has 0 spiro atoms. The van der Waals surface area contributed by atoms with E-state index < -0.39 is 11.8 Å². The fourth-order valence-electron chi connectivity index (χ4n) is 2.83. The fraction of sp³-hybridized carbons (Fsp3) is 0.375. The number of ether oxygens (including phenoxy) is 1. The number of hydrazine groups is 1. The maximum atomic E-state index is 12.4. The smallest absolute Gasteiger partial charge is 0.273 e. The van der Waals surface area contributed by atoms with E-state index in [0.29, 0.717) is 23.8 Å². The minimum atomic E-state index is -0.478. The first-order chi connectivity index (χ1) is 14.8. The molecule has 2 rings (SSSR count). The van der Waals surface area contributed by atoms with Crippen molar-refractivity contribution in [3.05, 3.63) is 59.2 Å². The number of amides is 3. The molecule has 0 radical (unpaired) electrons. The van der Waals surface area contributed by atoms with E-state index in [0.717, 1.165) is 23.2 Å². The fourth-order valence-corrected chi connectivity index (χ4v) is 2.83. The van der Waals surface area contributed by atoms with E-state index in [1.165, 1.54) is 0 Å². The molecule has 3 N–H and O–H groups in total. The van der Waals surface area contributed by atoms with E-state index in [1.807, 2.05) is 32.0 Å². The third-order valence-electron chi connectivity index (χ3n) is 4.64. The highest BCUT2D eigenvalue weighted by molar-refractivity contribution is 5.98. The highest BCUT2D eigenvalue weighted by Crippen LogP contribution is 2.19. The molecule has 7 heteroatoms. The van der Waals surface area contributed by atoms with Gasteiger partial charge in [0.15, 0.2) is 0 Å². The largest absolute Gasteiger partial charge is 0.493 e. The maximum Gasteiger partial charge on any atom is 0.273 e. The molecule has 0 unspecified atom stereocenters. The summed E-state index contributed by atoms with van der Waals surface area (Å²) in [6.45, 7) is 8.59. The van der Waals surface area contributed by atoms with Crippen molar-refractivity contribution in [2.75, 3.05) is 11.9 Å². The monoisotopic (exact) mass is 425 g/mol. The number of hydrogen-bond donors (Lipinski definition) is 3. The second-order valence-electron chi connectivity index (χ2n) is 7.90. The lowest BCUT2D eigenvalue weighted by atomic mass is 10.1. The number of aryl methyl sites for hydroxylation is 2. The molecule has 0 fully saturated rings. The summed E-state index contributed by atoms with van der Waals surface area (Å²) in [5.74, 6) is -0.247. The predicted molar refractivity (Wildman–Crippen MR) is 121 cm³/mol. The van der Waals surface area contributed by atoms with Crippen molar-refractivity contribution in [3.8, 4) is 5.75 Å². The third kappa shape index (κ3) is 8.12. The molecule has 0 aromatic heterocycles. The number of benzene rings is 2. The highest BCUT2D eigenvalue weighted by Gasteiger charge is 2.14. The van der Waals surface area contributed by atoms with Crippen LogP contribution in [0, 0.1) is 19.8 Å². The van der Waals surface area contributed by atoms with E-state index in [2.05, 4.69) is 30.0 Å². The normalized spacial score (nSPS) is 10.5. The van der Waals surface area contributed by atoms with Gasteiger partial charge in [0, 0.05) is 18.5 Å². The third-order valence-corrected chi connectivity index (χ3v) is 4.64. The first kappa shape index (κ1) is 23.9. The molecule has 3 amide bonds. The molecule has 0 atom stereocenters. The van der Waals surface area contributed by atoms with Gasteiger partial charge >= 0.3 is 0 Å². The molecular weight excluding hydrogens is 394 g/mol. The number of nitrogens with one attached hydrogen (secondary N) is 3. The Bertz CT molecular complexity index is 925. The van der Waals surface area contributed by atoms with Gasteiger partial charge in [-0.15, -0.1) is 0 Å². The SMILES string of the molecule is Cc1ccc(NC(=O)CCC(=O)NNC(=O)c2ccccc2OCCC(C)C)c(C)c1. The van der Waals surface area contributed by atoms with Crippen molar-refractivity contribution in [1.29, 1.82) is 0 Å². The van der Waals surface area contributed by atoms with Gasteiger partial charge in [-0.2, -0.15) is 0 Å². The van der Waals surface area contributed by atoms with E-state index in [4.69, 9.17) is 4.74 Å². The number of carbonyl (C=O) groups excluding carboxylic acids is 3. The molecule has 0 saturated carbocycles. The molecule has 31 heavy (non-hydrogen) atoms. The molecule has 0 aliphatic heterocycles. The van der Waals surface area contributed by atoms with Crippen molar-refractivity contribution in [2.45, 2.75) is 47.0 Å². The second kappa shape index (κ2) is 11.7. The molecule has 7 nitrogen and oxygen atoms in total. The van der Waals surface area contributed by atoms with Gasteiger partial charge in [0.2, 0.25) is 11.8 Å². The lowest BCUT2D eigenvalue weighted by molar-refractivity contribution is -0.124. The van der Waals surface area contributed by atoms with Gasteiger partial charge in [0.05, 0.1) is 12.2 Å². The molecule has 0 aliphatic carbocycles. The minimum Gasteiger partial charge on any atom is -0.493 e. The second-order valence-corrected chi connectivity index (χ2v) is 7.90. The standard InChI is InChI=1S/C24H31N3O4/c1-16(2)13-14-31-21-8-6-5-7-19(21)24(30)27-26-23(29)12-11-22(28)25-20-10-9-17(3)15-18(20)4/h5-10,15-16H,11-14H2,1-4H3,(H,25,28)(H,26,29)(H,27,30). The number of para-hydroxylation sites is 1. The Balaban J connectivity index is 1.79. The molecule has 0 heterocycles. The van der Waals surface area contributed by atoms with Crippen LogP contribution in [0.25, 0.3) is 0 Å². The zero-order valence-corrected chi connectivity index (χ0v) is 18.6. The predicted octanol–water partition coefficient (Wildman–Crippen LogP) is 3.91. The Kier molecular flexibility index (Phi) is 9.06. The van der Waals surface area contributed by atoms with E-state index in [-0.39, 0.29) is 18.7 Å². The van der Waals surface area contributed by atoms with Crippen molar-refractivity contribution in [2.24, 2.45) is 5.92 Å². The summed E-state index contributed by atoms with van der Waals surface area (Å²) in [6.07, 6.45) is 0.824. The summed E-state index contributed by atoms with van der Waals surface area (Å²) in [5, 5.41) is 2.80. The average Bonchev–Trinajstić information content (AvgIpc) is 2.72. The quantitative estimate of drug-likeness (QED) is 0.531. The van der Waals surface area contributed by atoms with Crippen molar-refractivity contribution in [1.82, 2.24) is 10.9 Å². The van der Waals surface area contributed by atoms with Crippen LogP contribution in [0.1, 0.15) is 54.6 Å². The molecular formula is C24H31N3O4. The van der Waals surface area contributed by atoms with Gasteiger partial charge in [0.1, 0.15) is 5.75 Å². The summed E-state index contributed by atoms with van der Waals surface area (Å²) in [4.78, 5) is 36.6. The van der Waals surface area contributed by atoms with Crippen molar-refractivity contribution >= 4 is 23.4 Å². The van der Waals surface area contributed by atoms with Crippen molar-refractivity contribution < 1.29 is 19.1 Å². The average molecular weight is 426 g/mol. The van der Waals surface area contributed by atoms with Crippen LogP contribution < -0.4 is 20.9 Å². The summed E-state index contributed by atoms with van der Waals surface area (Å²) < 4.78 is 5.70. The molecule has 0 saturated heterocycles. The summed E-state index contributed by atoms with van der Waals surface area (Å²) in [6, 6.07) is 12.6. The number of carbonyl (C=O) groups is 3. The molecule has 2 aromatic rings. The van der Waals surface area contributed by atoms with Crippen LogP contribution in [0.15, 0.2) is 42.5 Å². The lowest BCUT2D eigenvalue weighted by Gasteiger charge is -2.13. The summed E-state index contributed by atoms with van der Waals surface area (Å²) in [5.41, 5.74) is 7.84. The van der Waals surface area contributed by atoms with Crippen LogP contribution in [-0.2, 0) is 9.59 Å². The molecule has 0 aliphatic rings. The van der Waals surface area contributed by atoms with Gasteiger partial charge < -0.3 is 10.1 Å².